The molecule has 2 aromatic heterocycles. The molecule has 0 spiro atoms. The minimum atomic E-state index is -0.897. The number of primary amides is 1. The van der Waals surface area contributed by atoms with E-state index in [-0.39, 0.29) is 5.91 Å². The van der Waals surface area contributed by atoms with Crippen molar-refractivity contribution in [1.29, 1.82) is 0 Å². The Bertz CT molecular complexity index is 1190. The van der Waals surface area contributed by atoms with Crippen molar-refractivity contribution in [3.05, 3.63) is 45.3 Å². The Morgan fingerprint density at radius 3 is 3.03 bits per heavy atom. The average molecular weight is 457 g/mol. The van der Waals surface area contributed by atoms with Gasteiger partial charge >= 0.3 is 6.09 Å². The number of nitrogens with one attached hydrogen (secondary N) is 1. The van der Waals surface area contributed by atoms with Gasteiger partial charge in [-0.3, -0.25) is 4.79 Å². The zero-order chi connectivity index (χ0) is 21.5. The number of nitrogens with two attached hydrogens (primary N) is 1. The highest BCUT2D eigenvalue weighted by Gasteiger charge is 2.27. The van der Waals surface area contributed by atoms with Crippen LogP contribution in [0.15, 0.2) is 23.6 Å². The predicted molar refractivity (Wildman–Crippen MR) is 119 cm³/mol. The maximum atomic E-state index is 12.9. The summed E-state index contributed by atoms with van der Waals surface area (Å²) in [7, 11) is 2.03. The Balaban J connectivity index is 1.39. The second-order valence-corrected chi connectivity index (χ2v) is 9.45. The van der Waals surface area contributed by atoms with Crippen LogP contribution in [0.3, 0.4) is 0 Å². The van der Waals surface area contributed by atoms with Gasteiger partial charge in [0.15, 0.2) is 5.75 Å². The Morgan fingerprint density at radius 1 is 1.32 bits per heavy atom. The van der Waals surface area contributed by atoms with Crippen LogP contribution in [0.4, 0.5) is 9.80 Å². The predicted octanol–water partition coefficient (Wildman–Crippen LogP) is 3.50. The molecule has 3 N–H and O–H groups in total. The number of likely N-dealkylation sites (N-methyl/N-ethyl adjacent to an activating group) is 1. The third kappa shape index (κ3) is 3.89. The van der Waals surface area contributed by atoms with Crippen LogP contribution in [0.2, 0.25) is 0 Å². The van der Waals surface area contributed by atoms with Crippen molar-refractivity contribution in [3.8, 4) is 22.1 Å². The van der Waals surface area contributed by atoms with Crippen molar-refractivity contribution in [3.63, 3.8) is 0 Å². The van der Waals surface area contributed by atoms with E-state index in [0.29, 0.717) is 23.1 Å². The van der Waals surface area contributed by atoms with Gasteiger partial charge in [-0.1, -0.05) is 0 Å². The van der Waals surface area contributed by atoms with Crippen molar-refractivity contribution in [2.75, 3.05) is 25.5 Å². The molecule has 31 heavy (non-hydrogen) atoms. The van der Waals surface area contributed by atoms with Gasteiger partial charge in [0.2, 0.25) is 0 Å². The number of thiophene rings is 1. The van der Waals surface area contributed by atoms with Gasteiger partial charge < -0.3 is 25.4 Å². The van der Waals surface area contributed by atoms with Gasteiger partial charge in [-0.2, -0.15) is 0 Å². The summed E-state index contributed by atoms with van der Waals surface area (Å²) in [5, 5.41) is 5.83. The molecule has 0 radical (unpaired) electrons. The molecule has 0 aliphatic carbocycles. The molecule has 2 aliphatic rings. The van der Waals surface area contributed by atoms with Gasteiger partial charge in [-0.15, -0.1) is 22.7 Å². The summed E-state index contributed by atoms with van der Waals surface area (Å²) in [6, 6.07) is 5.96. The summed E-state index contributed by atoms with van der Waals surface area (Å²) in [6.45, 7) is 2.27. The van der Waals surface area contributed by atoms with E-state index < -0.39 is 6.09 Å². The molecule has 0 atom stereocenters. The molecule has 8 nitrogen and oxygen atoms in total. The molecule has 4 heterocycles. The summed E-state index contributed by atoms with van der Waals surface area (Å²) in [6.07, 6.45) is 0.707. The molecule has 1 aromatic carbocycles. The standard InChI is InChI=1S/C21H20N4O4S2/c1-25-6-4-13-16(9-25)31-20(17(13)29-21(22)27)24-18(26)14-10-30-19(23-14)12-2-3-15-11(8-12)5-7-28-15/h2-3,8,10H,4-7,9H2,1H3,(H2,22,27)(H,24,26). The number of hydrogen-bond donors (Lipinski definition) is 2. The Hall–Kier alpha value is -2.95. The Kier molecular flexibility index (Phi) is 5.12. The van der Waals surface area contributed by atoms with Crippen LogP contribution in [0, 0.1) is 0 Å². The number of hydrogen-bond acceptors (Lipinski definition) is 8. The summed E-state index contributed by atoms with van der Waals surface area (Å²) in [5.74, 6) is 0.906. The lowest BCUT2D eigenvalue weighted by Gasteiger charge is -2.22. The highest BCUT2D eigenvalue weighted by Crippen LogP contribution is 2.43. The van der Waals surface area contributed by atoms with Crippen LogP contribution < -0.4 is 20.5 Å². The van der Waals surface area contributed by atoms with E-state index >= 15 is 0 Å². The van der Waals surface area contributed by atoms with E-state index in [1.165, 1.54) is 22.7 Å². The van der Waals surface area contributed by atoms with E-state index in [9.17, 15) is 9.59 Å². The number of ether oxygens (including phenoxy) is 2. The van der Waals surface area contributed by atoms with Gasteiger partial charge in [0.05, 0.1) is 6.61 Å². The van der Waals surface area contributed by atoms with E-state index in [4.69, 9.17) is 15.2 Å². The average Bonchev–Trinajstić information content (AvgIpc) is 3.46. The quantitative estimate of drug-likeness (QED) is 0.622. The summed E-state index contributed by atoms with van der Waals surface area (Å²) < 4.78 is 10.8. The number of aromatic nitrogens is 1. The molecule has 2 amide bonds. The first kappa shape index (κ1) is 20.0. The summed E-state index contributed by atoms with van der Waals surface area (Å²) in [4.78, 5) is 32.1. The molecule has 0 bridgehead atoms. The smallest absolute Gasteiger partial charge is 0.410 e. The maximum Gasteiger partial charge on any atom is 0.410 e. The largest absolute Gasteiger partial charge is 0.493 e. The lowest BCUT2D eigenvalue weighted by atomic mass is 10.1. The highest BCUT2D eigenvalue weighted by molar-refractivity contribution is 7.17. The molecule has 2 aliphatic heterocycles. The van der Waals surface area contributed by atoms with Gasteiger partial charge in [0.25, 0.3) is 5.91 Å². The molecule has 160 valence electrons. The maximum absolute atomic E-state index is 12.9. The second kappa shape index (κ2) is 7.95. The van der Waals surface area contributed by atoms with Crippen LogP contribution in [0.5, 0.6) is 11.5 Å². The number of rotatable bonds is 4. The number of carbonyl (C=O) groups excluding carboxylic acids is 2. The van der Waals surface area contributed by atoms with Crippen LogP contribution in [0.25, 0.3) is 10.6 Å². The minimum absolute atomic E-state index is 0.310. The van der Waals surface area contributed by atoms with E-state index in [1.807, 2.05) is 19.2 Å². The zero-order valence-electron chi connectivity index (χ0n) is 16.8. The monoisotopic (exact) mass is 456 g/mol. The van der Waals surface area contributed by atoms with Crippen molar-refractivity contribution in [2.24, 2.45) is 5.73 Å². The molecule has 5 rings (SSSR count). The number of nitrogens with zero attached hydrogens (tertiary/aromatic N) is 2. The molecule has 0 unspecified atom stereocenters. The highest BCUT2D eigenvalue weighted by atomic mass is 32.1. The van der Waals surface area contributed by atoms with Crippen molar-refractivity contribution >= 4 is 39.7 Å². The van der Waals surface area contributed by atoms with Gasteiger partial charge in [0.1, 0.15) is 21.5 Å². The number of amides is 2. The van der Waals surface area contributed by atoms with Crippen LogP contribution in [-0.4, -0.2) is 42.1 Å². The fourth-order valence-corrected chi connectivity index (χ4v) is 5.84. The minimum Gasteiger partial charge on any atom is -0.493 e. The summed E-state index contributed by atoms with van der Waals surface area (Å²) >= 11 is 2.81. The first-order valence-electron chi connectivity index (χ1n) is 9.81. The van der Waals surface area contributed by atoms with E-state index in [2.05, 4.69) is 21.3 Å². The third-order valence-corrected chi connectivity index (χ3v) is 7.31. The molecule has 0 saturated carbocycles. The van der Waals surface area contributed by atoms with Gasteiger partial charge in [-0.05, 0) is 37.2 Å². The van der Waals surface area contributed by atoms with Gasteiger partial charge in [-0.25, -0.2) is 9.78 Å². The van der Waals surface area contributed by atoms with E-state index in [1.54, 1.807) is 5.38 Å². The van der Waals surface area contributed by atoms with Crippen molar-refractivity contribution in [1.82, 2.24) is 9.88 Å². The Labute approximate surface area is 186 Å². The first-order chi connectivity index (χ1) is 15.0. The molecule has 3 aromatic rings. The lowest BCUT2D eigenvalue weighted by molar-refractivity contribution is 0.102. The fourth-order valence-electron chi connectivity index (χ4n) is 3.79. The number of anilines is 1. The van der Waals surface area contributed by atoms with Gasteiger partial charge in [0, 0.05) is 40.9 Å². The lowest BCUT2D eigenvalue weighted by Crippen LogP contribution is -2.26. The Morgan fingerprint density at radius 2 is 2.19 bits per heavy atom. The van der Waals surface area contributed by atoms with Crippen molar-refractivity contribution in [2.45, 2.75) is 19.4 Å². The molecule has 0 fully saturated rings. The second-order valence-electron chi connectivity index (χ2n) is 7.48. The molecular weight excluding hydrogens is 436 g/mol. The summed E-state index contributed by atoms with van der Waals surface area (Å²) in [5.41, 5.74) is 8.61. The molecule has 10 heteroatoms. The number of benzene rings is 1. The fraction of sp³-hybridized carbons (Fsp3) is 0.286. The number of thiazole rings is 1. The van der Waals surface area contributed by atoms with Crippen molar-refractivity contribution < 1.29 is 19.1 Å². The first-order valence-corrected chi connectivity index (χ1v) is 11.5. The number of carbonyl (C=O) groups is 2. The van der Waals surface area contributed by atoms with E-state index in [0.717, 1.165) is 58.3 Å². The van der Waals surface area contributed by atoms with Crippen LogP contribution in [-0.2, 0) is 19.4 Å². The van der Waals surface area contributed by atoms with Crippen LogP contribution >= 0.6 is 22.7 Å². The topological polar surface area (TPSA) is 107 Å². The molecular formula is C21H20N4O4S2. The normalized spacial score (nSPS) is 15.1. The third-order valence-electron chi connectivity index (χ3n) is 5.30. The zero-order valence-corrected chi connectivity index (χ0v) is 18.4. The molecule has 0 saturated heterocycles. The number of fused-ring (bicyclic) bond motifs is 2. The van der Waals surface area contributed by atoms with Crippen LogP contribution in [0.1, 0.15) is 26.5 Å². The SMILES string of the molecule is CN1CCc2c(sc(NC(=O)c3csc(-c4ccc5c(c4)CCO5)n3)c2OC(N)=O)C1.